The van der Waals surface area contributed by atoms with Crippen LogP contribution in [0.15, 0.2) is 0 Å². The molecule has 19 heavy (non-hydrogen) atoms. The molecule has 1 aromatic heterocycles. The van der Waals surface area contributed by atoms with Gasteiger partial charge < -0.3 is 10.2 Å². The van der Waals surface area contributed by atoms with Gasteiger partial charge in [-0.15, -0.1) is 0 Å². The summed E-state index contributed by atoms with van der Waals surface area (Å²) < 4.78 is 1.98. The van der Waals surface area contributed by atoms with Gasteiger partial charge in [0.2, 0.25) is 0 Å². The molecule has 1 saturated heterocycles. The fraction of sp³-hybridized carbons (Fsp3) is 0.800. The maximum atomic E-state index is 4.47. The van der Waals surface area contributed by atoms with Gasteiger partial charge in [0.15, 0.2) is 0 Å². The lowest BCUT2D eigenvalue weighted by atomic mass is 10.1. The fourth-order valence-electron chi connectivity index (χ4n) is 3.04. The van der Waals surface area contributed by atoms with E-state index in [9.17, 15) is 0 Å². The van der Waals surface area contributed by atoms with Crippen molar-refractivity contribution in [3.63, 3.8) is 0 Å². The van der Waals surface area contributed by atoms with E-state index in [-0.39, 0.29) is 0 Å². The van der Waals surface area contributed by atoms with E-state index in [1.54, 1.807) is 0 Å². The molecule has 0 saturated carbocycles. The average molecular weight is 264 g/mol. The molecule has 1 atom stereocenters. The lowest BCUT2D eigenvalue weighted by Crippen LogP contribution is -2.38. The van der Waals surface area contributed by atoms with Crippen LogP contribution >= 0.6 is 0 Å². The molecular weight excluding hydrogens is 236 g/mol. The Morgan fingerprint density at radius 2 is 1.95 bits per heavy atom. The van der Waals surface area contributed by atoms with E-state index in [1.165, 1.54) is 49.4 Å². The van der Waals surface area contributed by atoms with E-state index >= 15 is 0 Å². The molecule has 0 radical (unpaired) electrons. The molecule has 108 valence electrons. The van der Waals surface area contributed by atoms with Crippen LogP contribution in [0.4, 0.5) is 0 Å². The van der Waals surface area contributed by atoms with Crippen molar-refractivity contribution >= 4 is 0 Å². The zero-order chi connectivity index (χ0) is 13.8. The van der Waals surface area contributed by atoms with Crippen LogP contribution in [0.3, 0.4) is 0 Å². The van der Waals surface area contributed by atoms with E-state index in [2.05, 4.69) is 36.1 Å². The second kappa shape index (κ2) is 6.53. The quantitative estimate of drug-likeness (QED) is 0.848. The Morgan fingerprint density at radius 3 is 2.53 bits per heavy atom. The predicted molar refractivity (Wildman–Crippen MR) is 79.5 cm³/mol. The SMILES string of the molecule is Cc1nn(C)c(C)c1CCNC(C)CN1CCCC1. The Hall–Kier alpha value is -0.870. The third kappa shape index (κ3) is 3.80. The molecule has 0 aromatic carbocycles. The number of nitrogens with one attached hydrogen (secondary N) is 1. The van der Waals surface area contributed by atoms with Crippen molar-refractivity contribution in [1.29, 1.82) is 0 Å². The first-order chi connectivity index (χ1) is 9.08. The minimum absolute atomic E-state index is 0.579. The third-order valence-corrected chi connectivity index (χ3v) is 4.26. The molecule has 4 heteroatoms. The summed E-state index contributed by atoms with van der Waals surface area (Å²) in [7, 11) is 2.02. The third-order valence-electron chi connectivity index (χ3n) is 4.26. The Morgan fingerprint density at radius 1 is 1.26 bits per heavy atom. The van der Waals surface area contributed by atoms with Gasteiger partial charge in [0.05, 0.1) is 5.69 Å². The van der Waals surface area contributed by atoms with Gasteiger partial charge in [0.25, 0.3) is 0 Å². The maximum absolute atomic E-state index is 4.47. The number of hydrogen-bond acceptors (Lipinski definition) is 3. The first kappa shape index (κ1) is 14.5. The monoisotopic (exact) mass is 264 g/mol. The molecule has 2 heterocycles. The van der Waals surface area contributed by atoms with Gasteiger partial charge >= 0.3 is 0 Å². The number of aromatic nitrogens is 2. The molecule has 1 aliphatic rings. The van der Waals surface area contributed by atoms with E-state index in [4.69, 9.17) is 0 Å². The molecule has 1 aromatic rings. The van der Waals surface area contributed by atoms with Crippen LogP contribution in [0.2, 0.25) is 0 Å². The summed E-state index contributed by atoms with van der Waals surface area (Å²) in [5.74, 6) is 0. The highest BCUT2D eigenvalue weighted by molar-refractivity contribution is 5.24. The van der Waals surface area contributed by atoms with Gasteiger partial charge in [-0.05, 0) is 65.2 Å². The van der Waals surface area contributed by atoms with Gasteiger partial charge in [-0.1, -0.05) is 0 Å². The Bertz CT molecular complexity index is 405. The first-order valence-electron chi connectivity index (χ1n) is 7.52. The van der Waals surface area contributed by atoms with E-state index in [0.717, 1.165) is 13.0 Å². The summed E-state index contributed by atoms with van der Waals surface area (Å²) in [6.07, 6.45) is 3.83. The van der Waals surface area contributed by atoms with Gasteiger partial charge in [-0.3, -0.25) is 4.68 Å². The van der Waals surface area contributed by atoms with Crippen LogP contribution in [-0.2, 0) is 13.5 Å². The van der Waals surface area contributed by atoms with Crippen molar-refractivity contribution in [3.05, 3.63) is 17.0 Å². The minimum Gasteiger partial charge on any atom is -0.313 e. The van der Waals surface area contributed by atoms with Gasteiger partial charge in [-0.25, -0.2) is 0 Å². The average Bonchev–Trinajstić information content (AvgIpc) is 2.93. The summed E-state index contributed by atoms with van der Waals surface area (Å²) in [6, 6.07) is 0.579. The van der Waals surface area contributed by atoms with Crippen molar-refractivity contribution in [2.75, 3.05) is 26.2 Å². The second-order valence-electron chi connectivity index (χ2n) is 5.89. The van der Waals surface area contributed by atoms with Crippen LogP contribution in [0.25, 0.3) is 0 Å². The highest BCUT2D eigenvalue weighted by Crippen LogP contribution is 2.12. The molecule has 2 rings (SSSR count). The summed E-state index contributed by atoms with van der Waals surface area (Å²) in [4.78, 5) is 2.57. The predicted octanol–water partition coefficient (Wildman–Crippen LogP) is 1.65. The van der Waals surface area contributed by atoms with Crippen molar-refractivity contribution in [1.82, 2.24) is 20.0 Å². The number of hydrogen-bond donors (Lipinski definition) is 1. The van der Waals surface area contributed by atoms with Crippen LogP contribution in [0.1, 0.15) is 36.7 Å². The largest absolute Gasteiger partial charge is 0.313 e. The van der Waals surface area contributed by atoms with Crippen molar-refractivity contribution < 1.29 is 0 Å². The maximum Gasteiger partial charge on any atom is 0.0628 e. The Kier molecular flexibility index (Phi) is 4.99. The molecule has 1 aliphatic heterocycles. The lowest BCUT2D eigenvalue weighted by Gasteiger charge is -2.21. The summed E-state index contributed by atoms with van der Waals surface area (Å²) in [5.41, 5.74) is 3.88. The number of nitrogens with zero attached hydrogens (tertiary/aromatic N) is 3. The molecule has 0 aliphatic carbocycles. The smallest absolute Gasteiger partial charge is 0.0628 e. The minimum atomic E-state index is 0.579. The molecule has 1 N–H and O–H groups in total. The number of likely N-dealkylation sites (tertiary alicyclic amines) is 1. The fourth-order valence-corrected chi connectivity index (χ4v) is 3.04. The van der Waals surface area contributed by atoms with E-state index in [0.29, 0.717) is 6.04 Å². The van der Waals surface area contributed by atoms with Crippen molar-refractivity contribution in [2.45, 2.75) is 46.1 Å². The second-order valence-corrected chi connectivity index (χ2v) is 5.89. The molecule has 0 spiro atoms. The molecule has 4 nitrogen and oxygen atoms in total. The molecule has 1 fully saturated rings. The molecule has 0 bridgehead atoms. The summed E-state index contributed by atoms with van der Waals surface area (Å²) >= 11 is 0. The first-order valence-corrected chi connectivity index (χ1v) is 7.52. The highest BCUT2D eigenvalue weighted by Gasteiger charge is 2.14. The van der Waals surface area contributed by atoms with Gasteiger partial charge in [0, 0.05) is 25.3 Å². The van der Waals surface area contributed by atoms with Crippen molar-refractivity contribution in [2.24, 2.45) is 7.05 Å². The van der Waals surface area contributed by atoms with E-state index < -0.39 is 0 Å². The Labute approximate surface area is 117 Å². The Balaban J connectivity index is 1.73. The zero-order valence-corrected chi connectivity index (χ0v) is 12.9. The van der Waals surface area contributed by atoms with Gasteiger partial charge in [0.1, 0.15) is 0 Å². The zero-order valence-electron chi connectivity index (χ0n) is 12.9. The normalized spacial score (nSPS) is 18.1. The van der Waals surface area contributed by atoms with Crippen LogP contribution in [0.5, 0.6) is 0 Å². The van der Waals surface area contributed by atoms with E-state index in [1.807, 2.05) is 11.7 Å². The van der Waals surface area contributed by atoms with Gasteiger partial charge in [-0.2, -0.15) is 5.10 Å². The summed E-state index contributed by atoms with van der Waals surface area (Å²) in [5, 5.41) is 8.12. The number of aryl methyl sites for hydroxylation is 2. The van der Waals surface area contributed by atoms with Crippen LogP contribution in [0, 0.1) is 13.8 Å². The highest BCUT2D eigenvalue weighted by atomic mass is 15.3. The van der Waals surface area contributed by atoms with Crippen molar-refractivity contribution in [3.8, 4) is 0 Å². The lowest BCUT2D eigenvalue weighted by molar-refractivity contribution is 0.299. The molecule has 1 unspecified atom stereocenters. The molecule has 0 amide bonds. The standard InChI is InChI=1S/C15H28N4/c1-12(11-19-9-5-6-10-19)16-8-7-15-13(2)17-18(4)14(15)3/h12,16H,5-11H2,1-4H3. The molecular formula is C15H28N4. The van der Waals surface area contributed by atoms with Crippen LogP contribution < -0.4 is 5.32 Å². The number of rotatable bonds is 6. The van der Waals surface area contributed by atoms with Crippen LogP contribution in [-0.4, -0.2) is 46.9 Å². The summed E-state index contributed by atoms with van der Waals surface area (Å²) in [6.45, 7) is 11.4. The topological polar surface area (TPSA) is 33.1 Å².